The second-order valence-electron chi connectivity index (χ2n) is 2.04. The van der Waals surface area contributed by atoms with E-state index in [1.54, 1.807) is 14.0 Å². The first-order valence-electron chi connectivity index (χ1n) is 2.97. The monoisotopic (exact) mass is 177 g/mol. The molecule has 1 heterocycles. The summed E-state index contributed by atoms with van der Waals surface area (Å²) in [7, 11) is 1.62. The highest BCUT2D eigenvalue weighted by molar-refractivity contribution is 7.99. The van der Waals surface area contributed by atoms with Gasteiger partial charge in [0, 0.05) is 12.6 Å². The quantitative estimate of drug-likeness (QED) is 0.641. The topological polar surface area (TPSA) is 17.8 Å². The minimum atomic E-state index is -2.39. The molecule has 5 heteroatoms. The first kappa shape index (κ1) is 8.52. The molecule has 0 fully saturated rings. The molecule has 0 aromatic carbocycles. The third-order valence-electron chi connectivity index (χ3n) is 1.18. The molecule has 1 aromatic rings. The highest BCUT2D eigenvalue weighted by atomic mass is 32.2. The summed E-state index contributed by atoms with van der Waals surface area (Å²) < 4.78 is 25.1. The van der Waals surface area contributed by atoms with Gasteiger partial charge in [0.05, 0.1) is 0 Å². The lowest BCUT2D eigenvalue weighted by Crippen LogP contribution is -1.94. The number of rotatable bonds is 2. The molecule has 0 atom stereocenters. The van der Waals surface area contributed by atoms with Crippen LogP contribution in [0.2, 0.25) is 0 Å². The number of hydrogen-bond donors (Lipinski definition) is 0. The van der Waals surface area contributed by atoms with Crippen molar-refractivity contribution in [1.82, 2.24) is 9.78 Å². The van der Waals surface area contributed by atoms with Crippen molar-refractivity contribution in [2.24, 2.45) is 7.05 Å². The van der Waals surface area contributed by atoms with Crippen LogP contribution in [0.5, 0.6) is 0 Å². The highest BCUT2D eigenvalue weighted by Gasteiger charge is 2.11. The van der Waals surface area contributed by atoms with Crippen molar-refractivity contribution in [3.05, 3.63) is 11.8 Å². The van der Waals surface area contributed by atoms with E-state index in [-0.39, 0.29) is 0 Å². The Morgan fingerprint density at radius 2 is 2.27 bits per heavy atom. The van der Waals surface area contributed by atoms with Crippen LogP contribution in [-0.4, -0.2) is 15.5 Å². The van der Waals surface area contributed by atoms with Crippen LogP contribution in [0.15, 0.2) is 5.03 Å². The first-order valence-corrected chi connectivity index (χ1v) is 3.85. The van der Waals surface area contributed by atoms with Crippen molar-refractivity contribution >= 4 is 11.8 Å². The van der Waals surface area contributed by atoms with Crippen molar-refractivity contribution in [3.8, 4) is 0 Å². The van der Waals surface area contributed by atoms with Crippen LogP contribution >= 0.6 is 11.8 Å². The Morgan fingerprint density at radius 3 is 2.64 bits per heavy atom. The fourth-order valence-electron chi connectivity index (χ4n) is 0.735. The number of thioether (sulfide) groups is 1. The van der Waals surface area contributed by atoms with Gasteiger partial charge in [0.1, 0.15) is 11.2 Å². The van der Waals surface area contributed by atoms with E-state index in [1.165, 1.54) is 4.68 Å². The van der Waals surface area contributed by atoms with Crippen molar-refractivity contribution in [1.29, 1.82) is 0 Å². The van der Waals surface area contributed by atoms with E-state index in [1.807, 2.05) is 0 Å². The first-order chi connectivity index (χ1) is 5.11. The Kier molecular flexibility index (Phi) is 2.49. The van der Waals surface area contributed by atoms with E-state index in [4.69, 9.17) is 0 Å². The summed E-state index contributed by atoms with van der Waals surface area (Å²) in [6.45, 7) is 1.71. The maximum absolute atomic E-state index is 11.9. The lowest BCUT2D eigenvalue weighted by molar-refractivity contribution is 0.251. The summed E-state index contributed by atoms with van der Waals surface area (Å²) in [6, 6.07) is 0. The number of hydrogen-bond acceptors (Lipinski definition) is 2. The predicted molar refractivity (Wildman–Crippen MR) is 38.6 cm³/mol. The zero-order valence-corrected chi connectivity index (χ0v) is 6.95. The Labute approximate surface area is 67.6 Å². The summed E-state index contributed by atoms with van der Waals surface area (Å²) in [5, 5.41) is 4.18. The lowest BCUT2D eigenvalue weighted by atomic mass is 10.4. The zero-order chi connectivity index (χ0) is 8.43. The summed E-state index contributed by atoms with van der Waals surface area (Å²) in [5.41, 5.74) is 0.665. The molecule has 1 rings (SSSR count). The molecule has 1 radical (unpaired) electrons. The van der Waals surface area contributed by atoms with Crippen molar-refractivity contribution in [2.45, 2.75) is 17.7 Å². The van der Waals surface area contributed by atoms with Crippen molar-refractivity contribution in [2.75, 3.05) is 0 Å². The Morgan fingerprint density at radius 1 is 1.64 bits per heavy atom. The summed E-state index contributed by atoms with van der Waals surface area (Å²) >= 11 is 0.494. The minimum Gasteiger partial charge on any atom is -0.261 e. The smallest absolute Gasteiger partial charge is 0.261 e. The molecule has 0 amide bonds. The molecule has 2 nitrogen and oxygen atoms in total. The minimum absolute atomic E-state index is 0.472. The molecule has 61 valence electrons. The molecule has 0 unspecified atom stereocenters. The second-order valence-corrected chi connectivity index (χ2v) is 3.02. The van der Waals surface area contributed by atoms with Gasteiger partial charge in [0.2, 0.25) is 0 Å². The van der Waals surface area contributed by atoms with Gasteiger partial charge in [0.25, 0.3) is 5.76 Å². The molecule has 0 bridgehead atoms. The number of aryl methyl sites for hydroxylation is 2. The van der Waals surface area contributed by atoms with Gasteiger partial charge in [-0.3, -0.25) is 4.68 Å². The largest absolute Gasteiger partial charge is 0.290 e. The molecule has 0 N–H and O–H groups in total. The predicted octanol–water partition coefficient (Wildman–Crippen LogP) is 1.84. The van der Waals surface area contributed by atoms with Crippen molar-refractivity contribution < 1.29 is 8.78 Å². The van der Waals surface area contributed by atoms with E-state index < -0.39 is 5.76 Å². The lowest BCUT2D eigenvalue weighted by Gasteiger charge is -2.00. The fourth-order valence-corrected chi connectivity index (χ4v) is 1.32. The Bertz CT molecular complexity index is 227. The molecule has 0 aliphatic heterocycles. The molecule has 11 heavy (non-hydrogen) atoms. The summed E-state index contributed by atoms with van der Waals surface area (Å²) in [6.07, 6.45) is 2.60. The van der Waals surface area contributed by atoms with Crippen LogP contribution in [0.25, 0.3) is 0 Å². The standard InChI is InChI=1S/C6H7F2N2S/c1-4-3-9-10(2)5(4)11-6(7)8/h6H,1-2H3. The fraction of sp³-hybridized carbons (Fsp3) is 0.500. The molecule has 0 saturated carbocycles. The van der Waals surface area contributed by atoms with Gasteiger partial charge in [-0.2, -0.15) is 13.9 Å². The third kappa shape index (κ3) is 1.92. The van der Waals surface area contributed by atoms with Crippen molar-refractivity contribution in [3.63, 3.8) is 0 Å². The van der Waals surface area contributed by atoms with E-state index in [2.05, 4.69) is 11.3 Å². The van der Waals surface area contributed by atoms with Crippen LogP contribution in [0, 0.1) is 13.1 Å². The maximum atomic E-state index is 11.9. The van der Waals surface area contributed by atoms with Crippen LogP contribution in [-0.2, 0) is 7.05 Å². The van der Waals surface area contributed by atoms with Crippen LogP contribution in [0.3, 0.4) is 0 Å². The molecule has 1 aromatic heterocycles. The van der Waals surface area contributed by atoms with Gasteiger partial charge in [0.15, 0.2) is 0 Å². The average Bonchev–Trinajstić information content (AvgIpc) is 2.18. The zero-order valence-electron chi connectivity index (χ0n) is 6.14. The number of halogens is 2. The van der Waals surface area contributed by atoms with Gasteiger partial charge in [-0.15, -0.1) is 0 Å². The van der Waals surface area contributed by atoms with Crippen LogP contribution in [0.1, 0.15) is 5.56 Å². The number of nitrogens with zero attached hydrogens (tertiary/aromatic N) is 2. The van der Waals surface area contributed by atoms with E-state index in [0.717, 1.165) is 0 Å². The van der Waals surface area contributed by atoms with Crippen LogP contribution < -0.4 is 0 Å². The summed E-state index contributed by atoms with van der Waals surface area (Å²) in [5.74, 6) is -2.39. The number of alkyl halides is 2. The van der Waals surface area contributed by atoms with Gasteiger partial charge >= 0.3 is 0 Å². The van der Waals surface area contributed by atoms with E-state index in [9.17, 15) is 8.78 Å². The highest BCUT2D eigenvalue weighted by Crippen LogP contribution is 2.26. The number of aromatic nitrogens is 2. The molecule has 0 spiro atoms. The Hall–Kier alpha value is -0.580. The SMILES string of the molecule is Cc1[c]nn(C)c1SC(F)F. The normalized spacial score (nSPS) is 11.0. The third-order valence-corrected chi connectivity index (χ3v) is 2.15. The van der Waals surface area contributed by atoms with Gasteiger partial charge in [-0.25, -0.2) is 0 Å². The molecular weight excluding hydrogens is 170 g/mol. The van der Waals surface area contributed by atoms with E-state index >= 15 is 0 Å². The molecule has 0 saturated heterocycles. The molecular formula is C6H7F2N2S. The second kappa shape index (κ2) is 3.21. The molecule has 0 aliphatic carbocycles. The van der Waals surface area contributed by atoms with Gasteiger partial charge < -0.3 is 0 Å². The van der Waals surface area contributed by atoms with Crippen LogP contribution in [0.4, 0.5) is 8.78 Å². The molecule has 0 aliphatic rings. The summed E-state index contributed by atoms with van der Waals surface area (Å²) in [4.78, 5) is 0. The van der Waals surface area contributed by atoms with E-state index in [0.29, 0.717) is 22.4 Å². The van der Waals surface area contributed by atoms with Gasteiger partial charge in [-0.1, -0.05) is 0 Å². The maximum Gasteiger partial charge on any atom is 0.290 e. The van der Waals surface area contributed by atoms with Gasteiger partial charge in [-0.05, 0) is 18.7 Å². The average molecular weight is 177 g/mol. The Balaban J connectivity index is 2.83.